The molecule has 0 amide bonds. The van der Waals surface area contributed by atoms with E-state index in [0.717, 1.165) is 40.3 Å². The van der Waals surface area contributed by atoms with Gasteiger partial charge in [0.2, 0.25) is 0 Å². The Kier molecular flexibility index (Phi) is 6.22. The van der Waals surface area contributed by atoms with E-state index in [-0.39, 0.29) is 11.9 Å². The smallest absolute Gasteiger partial charge is 0.309 e. The van der Waals surface area contributed by atoms with Crippen molar-refractivity contribution in [2.24, 2.45) is 5.92 Å². The first-order chi connectivity index (χ1) is 10.1. The largest absolute Gasteiger partial charge is 0.466 e. The van der Waals surface area contributed by atoms with Crippen LogP contribution in [0.2, 0.25) is 0 Å². The first-order valence-corrected chi connectivity index (χ1v) is 8.57. The second-order valence-electron chi connectivity index (χ2n) is 4.92. The van der Waals surface area contributed by atoms with Gasteiger partial charge in [-0.3, -0.25) is 4.79 Å². The highest BCUT2D eigenvalue weighted by atomic mass is 127. The number of carbonyl (C=O) groups excluding carboxylic acids is 1. The average molecular weight is 418 g/mol. The third-order valence-electron chi connectivity index (χ3n) is 3.52. The Morgan fingerprint density at radius 2 is 2.10 bits per heavy atom. The van der Waals surface area contributed by atoms with Gasteiger partial charge >= 0.3 is 5.97 Å². The van der Waals surface area contributed by atoms with Gasteiger partial charge in [0.25, 0.3) is 0 Å². The Morgan fingerprint density at radius 3 is 2.71 bits per heavy atom. The molecular weight excluding hydrogens is 399 g/mol. The van der Waals surface area contributed by atoms with Gasteiger partial charge < -0.3 is 15.0 Å². The molecule has 1 aromatic rings. The van der Waals surface area contributed by atoms with Crippen molar-refractivity contribution in [3.05, 3.63) is 27.8 Å². The van der Waals surface area contributed by atoms with Crippen molar-refractivity contribution >= 4 is 51.6 Å². The van der Waals surface area contributed by atoms with Crippen LogP contribution in [0.3, 0.4) is 0 Å². The quantitative estimate of drug-likeness (QED) is 0.464. The number of anilines is 1. The zero-order valence-corrected chi connectivity index (χ0v) is 14.9. The van der Waals surface area contributed by atoms with Crippen molar-refractivity contribution in [3.63, 3.8) is 0 Å². The van der Waals surface area contributed by atoms with Crippen LogP contribution in [0.1, 0.15) is 19.8 Å². The molecule has 0 radical (unpaired) electrons. The maximum atomic E-state index is 11.7. The van der Waals surface area contributed by atoms with Crippen LogP contribution in [-0.2, 0) is 9.53 Å². The van der Waals surface area contributed by atoms with Crippen LogP contribution in [-0.4, -0.2) is 35.7 Å². The number of ether oxygens (including phenoxy) is 1. The lowest BCUT2D eigenvalue weighted by Crippen LogP contribution is -2.42. The molecule has 0 aromatic heterocycles. The predicted octanol–water partition coefficient (Wildman–Crippen LogP) is 3.26. The van der Waals surface area contributed by atoms with Crippen LogP contribution in [0.5, 0.6) is 0 Å². The van der Waals surface area contributed by atoms with Gasteiger partial charge in [-0.25, -0.2) is 0 Å². The summed E-state index contributed by atoms with van der Waals surface area (Å²) >= 11 is 7.75. The Balaban J connectivity index is 1.86. The number of halogens is 1. The highest BCUT2D eigenvalue weighted by molar-refractivity contribution is 14.1. The molecule has 1 saturated heterocycles. The number of benzene rings is 1. The van der Waals surface area contributed by atoms with E-state index in [2.05, 4.69) is 32.8 Å². The van der Waals surface area contributed by atoms with Gasteiger partial charge in [0.1, 0.15) is 0 Å². The molecular formula is C15H19IN2O2S. The molecule has 114 valence electrons. The summed E-state index contributed by atoms with van der Waals surface area (Å²) < 4.78 is 6.22. The fourth-order valence-corrected chi connectivity index (χ4v) is 3.15. The number of esters is 1. The van der Waals surface area contributed by atoms with Crippen molar-refractivity contribution in [2.75, 3.05) is 25.0 Å². The second-order valence-corrected chi connectivity index (χ2v) is 6.47. The highest BCUT2D eigenvalue weighted by Crippen LogP contribution is 2.21. The van der Waals surface area contributed by atoms with Crippen molar-refractivity contribution in [3.8, 4) is 0 Å². The van der Waals surface area contributed by atoms with E-state index in [1.54, 1.807) is 0 Å². The number of para-hydroxylation sites is 1. The van der Waals surface area contributed by atoms with E-state index >= 15 is 0 Å². The fraction of sp³-hybridized carbons (Fsp3) is 0.467. The zero-order valence-electron chi connectivity index (χ0n) is 12.0. The number of likely N-dealkylation sites (tertiary alicyclic amines) is 1. The van der Waals surface area contributed by atoms with Crippen LogP contribution >= 0.6 is 34.8 Å². The van der Waals surface area contributed by atoms with Gasteiger partial charge in [0.15, 0.2) is 5.11 Å². The van der Waals surface area contributed by atoms with E-state index < -0.39 is 0 Å². The molecule has 1 aliphatic heterocycles. The fourth-order valence-electron chi connectivity index (χ4n) is 2.34. The number of nitrogens with zero attached hydrogens (tertiary/aromatic N) is 1. The number of nitrogens with one attached hydrogen (secondary N) is 1. The van der Waals surface area contributed by atoms with Gasteiger partial charge in [-0.1, -0.05) is 12.1 Å². The molecule has 1 aliphatic rings. The summed E-state index contributed by atoms with van der Waals surface area (Å²) in [6, 6.07) is 8.04. The summed E-state index contributed by atoms with van der Waals surface area (Å²) in [6.45, 7) is 3.87. The number of hydrogen-bond donors (Lipinski definition) is 1. The Labute approximate surface area is 144 Å². The lowest BCUT2D eigenvalue weighted by Gasteiger charge is -2.33. The van der Waals surface area contributed by atoms with Crippen LogP contribution < -0.4 is 5.32 Å². The van der Waals surface area contributed by atoms with Crippen LogP contribution in [0.25, 0.3) is 0 Å². The minimum Gasteiger partial charge on any atom is -0.466 e. The van der Waals surface area contributed by atoms with Crippen LogP contribution in [0.15, 0.2) is 24.3 Å². The molecule has 0 unspecified atom stereocenters. The third kappa shape index (κ3) is 4.54. The molecule has 1 aromatic carbocycles. The zero-order chi connectivity index (χ0) is 15.2. The van der Waals surface area contributed by atoms with Crippen molar-refractivity contribution in [2.45, 2.75) is 19.8 Å². The Bertz CT molecular complexity index is 516. The number of thiocarbonyl (C=S) groups is 1. The maximum absolute atomic E-state index is 11.7. The minimum atomic E-state index is -0.0753. The summed E-state index contributed by atoms with van der Waals surface area (Å²) in [7, 11) is 0. The highest BCUT2D eigenvalue weighted by Gasteiger charge is 2.27. The van der Waals surface area contributed by atoms with Crippen LogP contribution in [0.4, 0.5) is 5.69 Å². The lowest BCUT2D eigenvalue weighted by atomic mass is 9.97. The molecule has 21 heavy (non-hydrogen) atoms. The molecule has 2 rings (SSSR count). The van der Waals surface area contributed by atoms with Gasteiger partial charge in [-0.2, -0.15) is 0 Å². The number of rotatable bonds is 3. The summed E-state index contributed by atoms with van der Waals surface area (Å²) in [4.78, 5) is 13.8. The van der Waals surface area contributed by atoms with E-state index in [1.807, 2.05) is 31.2 Å². The normalized spacial score (nSPS) is 15.6. The Hall–Kier alpha value is -0.890. The minimum absolute atomic E-state index is 0.0147. The number of piperidine rings is 1. The summed E-state index contributed by atoms with van der Waals surface area (Å²) in [5.74, 6) is -0.0607. The summed E-state index contributed by atoms with van der Waals surface area (Å²) in [5.41, 5.74) is 1.02. The molecule has 0 aliphatic carbocycles. The SMILES string of the molecule is CCOC(=O)C1CCN(C(=S)Nc2ccccc2I)CC1. The van der Waals surface area contributed by atoms with Gasteiger partial charge in [0.05, 0.1) is 18.2 Å². The predicted molar refractivity (Wildman–Crippen MR) is 96.3 cm³/mol. The van der Waals surface area contributed by atoms with E-state index in [0.29, 0.717) is 6.61 Å². The first kappa shape index (κ1) is 16.5. The van der Waals surface area contributed by atoms with Crippen molar-refractivity contribution in [1.29, 1.82) is 0 Å². The molecule has 6 heteroatoms. The second kappa shape index (κ2) is 7.93. The molecule has 1 N–H and O–H groups in total. The molecule has 1 fully saturated rings. The Morgan fingerprint density at radius 1 is 1.43 bits per heavy atom. The number of carbonyl (C=O) groups is 1. The monoisotopic (exact) mass is 418 g/mol. The van der Waals surface area contributed by atoms with E-state index in [4.69, 9.17) is 17.0 Å². The molecule has 1 heterocycles. The maximum Gasteiger partial charge on any atom is 0.309 e. The topological polar surface area (TPSA) is 41.6 Å². The standard InChI is InChI=1S/C15H19IN2O2S/c1-2-20-14(19)11-7-9-18(10-8-11)15(21)17-13-6-4-3-5-12(13)16/h3-6,11H,2,7-10H2,1H3,(H,17,21). The van der Waals surface area contributed by atoms with Crippen LogP contribution in [0, 0.1) is 9.49 Å². The number of hydrogen-bond acceptors (Lipinski definition) is 3. The molecule has 0 saturated carbocycles. The average Bonchev–Trinajstić information content (AvgIpc) is 2.50. The molecule has 0 bridgehead atoms. The third-order valence-corrected chi connectivity index (χ3v) is 4.82. The van der Waals surface area contributed by atoms with E-state index in [9.17, 15) is 4.79 Å². The van der Waals surface area contributed by atoms with Crippen molar-refractivity contribution in [1.82, 2.24) is 4.90 Å². The summed E-state index contributed by atoms with van der Waals surface area (Å²) in [5, 5.41) is 4.01. The van der Waals surface area contributed by atoms with Gasteiger partial charge in [-0.15, -0.1) is 0 Å². The van der Waals surface area contributed by atoms with E-state index in [1.165, 1.54) is 0 Å². The molecule has 0 spiro atoms. The lowest BCUT2D eigenvalue weighted by molar-refractivity contribution is -0.149. The van der Waals surface area contributed by atoms with Gasteiger partial charge in [-0.05, 0) is 66.7 Å². The first-order valence-electron chi connectivity index (χ1n) is 7.09. The molecule has 4 nitrogen and oxygen atoms in total. The van der Waals surface area contributed by atoms with Crippen molar-refractivity contribution < 1.29 is 9.53 Å². The summed E-state index contributed by atoms with van der Waals surface area (Å²) in [6.07, 6.45) is 1.60. The molecule has 0 atom stereocenters. The van der Waals surface area contributed by atoms with Gasteiger partial charge in [0, 0.05) is 16.7 Å².